The van der Waals surface area contributed by atoms with Crippen molar-refractivity contribution in [1.29, 1.82) is 0 Å². The number of carbonyl (C=O) groups is 2. The van der Waals surface area contributed by atoms with Gasteiger partial charge in [-0.15, -0.1) is 0 Å². The number of ether oxygens (including phenoxy) is 2. The molecule has 1 N–H and O–H groups in total. The molecule has 0 saturated carbocycles. The van der Waals surface area contributed by atoms with Gasteiger partial charge in [0.25, 0.3) is 0 Å². The smallest absolute Gasteiger partial charge is 0.343 e. The number of Topliss-reactive ketones (excluding diaryl/α,β-unsaturated/α-hetero) is 1. The van der Waals surface area contributed by atoms with Gasteiger partial charge in [0.15, 0.2) is 0 Å². The molecule has 0 saturated heterocycles. The molecule has 0 aromatic carbocycles. The summed E-state index contributed by atoms with van der Waals surface area (Å²) in [7, 11) is 0. The van der Waals surface area contributed by atoms with Crippen molar-refractivity contribution >= 4 is 11.8 Å². The second-order valence-corrected chi connectivity index (χ2v) is 4.83. The van der Waals surface area contributed by atoms with Gasteiger partial charge in [0.2, 0.25) is 11.4 Å². The monoisotopic (exact) mass is 260 g/mol. The molecule has 18 heavy (non-hydrogen) atoms. The van der Waals surface area contributed by atoms with Gasteiger partial charge >= 0.3 is 5.97 Å². The Kier molecular flexibility index (Phi) is 7.09. The number of hydrogen-bond acceptors (Lipinski definition) is 4. The molecule has 0 aliphatic carbocycles. The summed E-state index contributed by atoms with van der Waals surface area (Å²) in [6.07, 6.45) is 0.240. The fraction of sp³-hybridized carbons (Fsp3) is 0.846. The predicted octanol–water partition coefficient (Wildman–Crippen LogP) is 2.03. The Morgan fingerprint density at radius 2 is 1.72 bits per heavy atom. The van der Waals surface area contributed by atoms with Crippen molar-refractivity contribution in [1.82, 2.24) is 0 Å². The van der Waals surface area contributed by atoms with E-state index in [-0.39, 0.29) is 25.2 Å². The minimum atomic E-state index is -1.78. The molecule has 0 heterocycles. The minimum absolute atomic E-state index is 0.124. The Morgan fingerprint density at radius 3 is 2.06 bits per heavy atom. The zero-order valence-electron chi connectivity index (χ0n) is 11.9. The zero-order chi connectivity index (χ0) is 14.3. The molecule has 106 valence electrons. The normalized spacial score (nSPS) is 14.8. The third-order valence-corrected chi connectivity index (χ3v) is 2.38. The highest BCUT2D eigenvalue weighted by molar-refractivity contribution is 6.07. The highest BCUT2D eigenvalue weighted by atomic mass is 16.5. The quantitative estimate of drug-likeness (QED) is 0.642. The molecule has 0 bridgehead atoms. The molecule has 5 heteroatoms. The van der Waals surface area contributed by atoms with Crippen LogP contribution in [-0.2, 0) is 19.1 Å². The van der Waals surface area contributed by atoms with Gasteiger partial charge in [0, 0.05) is 0 Å². The summed E-state index contributed by atoms with van der Waals surface area (Å²) in [5, 5.41) is 9.34. The van der Waals surface area contributed by atoms with Crippen LogP contribution in [0.25, 0.3) is 0 Å². The average molecular weight is 260 g/mol. The minimum Gasteiger partial charge on any atom is -0.479 e. The van der Waals surface area contributed by atoms with E-state index in [2.05, 4.69) is 0 Å². The standard InChI is InChI=1S/C13H24O5/c1-6-7-13(12(15)16,18-10(4)5)11(14)8-17-9(2)3/h9-10H,6-8H2,1-5H3,(H,15,16). The van der Waals surface area contributed by atoms with E-state index in [0.29, 0.717) is 6.42 Å². The molecule has 0 radical (unpaired) electrons. The summed E-state index contributed by atoms with van der Waals surface area (Å²) in [6.45, 7) is 8.58. The largest absolute Gasteiger partial charge is 0.479 e. The topological polar surface area (TPSA) is 72.8 Å². The summed E-state index contributed by atoms with van der Waals surface area (Å²) in [5.74, 6) is -1.77. The Bertz CT molecular complexity index is 285. The molecule has 0 rings (SSSR count). The second-order valence-electron chi connectivity index (χ2n) is 4.83. The number of aliphatic carboxylic acids is 1. The summed E-state index contributed by atoms with van der Waals surface area (Å²) in [5.41, 5.74) is -1.78. The van der Waals surface area contributed by atoms with Crippen LogP contribution in [0.1, 0.15) is 47.5 Å². The lowest BCUT2D eigenvalue weighted by molar-refractivity contribution is -0.181. The van der Waals surface area contributed by atoms with Crippen LogP contribution in [0.15, 0.2) is 0 Å². The van der Waals surface area contributed by atoms with E-state index in [9.17, 15) is 14.7 Å². The number of ketones is 1. The van der Waals surface area contributed by atoms with E-state index in [4.69, 9.17) is 9.47 Å². The van der Waals surface area contributed by atoms with Crippen LogP contribution in [0.4, 0.5) is 0 Å². The number of carboxylic acids is 1. The number of rotatable bonds is 9. The van der Waals surface area contributed by atoms with Crippen molar-refractivity contribution in [3.63, 3.8) is 0 Å². The van der Waals surface area contributed by atoms with Crippen molar-refractivity contribution in [3.8, 4) is 0 Å². The Balaban J connectivity index is 5.02. The molecule has 0 aliphatic rings. The fourth-order valence-corrected chi connectivity index (χ4v) is 1.65. The molecular weight excluding hydrogens is 236 g/mol. The summed E-state index contributed by atoms with van der Waals surface area (Å²) in [4.78, 5) is 23.5. The third kappa shape index (κ3) is 4.74. The van der Waals surface area contributed by atoms with Crippen LogP contribution in [0.5, 0.6) is 0 Å². The van der Waals surface area contributed by atoms with E-state index >= 15 is 0 Å². The second kappa shape index (κ2) is 7.48. The number of carboxylic acid groups (broad SMARTS) is 1. The first-order valence-electron chi connectivity index (χ1n) is 6.32. The molecule has 0 spiro atoms. The summed E-state index contributed by atoms with van der Waals surface area (Å²) >= 11 is 0. The molecule has 5 nitrogen and oxygen atoms in total. The van der Waals surface area contributed by atoms with Crippen LogP contribution < -0.4 is 0 Å². The van der Waals surface area contributed by atoms with E-state index in [1.165, 1.54) is 0 Å². The molecule has 1 atom stereocenters. The lowest BCUT2D eigenvalue weighted by Crippen LogP contribution is -2.52. The van der Waals surface area contributed by atoms with Crippen molar-refractivity contribution in [2.45, 2.75) is 65.3 Å². The van der Waals surface area contributed by atoms with Crippen LogP contribution >= 0.6 is 0 Å². The molecule has 0 aromatic rings. The van der Waals surface area contributed by atoms with Crippen molar-refractivity contribution in [3.05, 3.63) is 0 Å². The third-order valence-electron chi connectivity index (χ3n) is 2.38. The van der Waals surface area contributed by atoms with E-state index in [0.717, 1.165) is 0 Å². The van der Waals surface area contributed by atoms with Gasteiger partial charge in [-0.1, -0.05) is 13.3 Å². The predicted molar refractivity (Wildman–Crippen MR) is 67.6 cm³/mol. The number of hydrogen-bond donors (Lipinski definition) is 1. The maximum atomic E-state index is 12.1. The Morgan fingerprint density at radius 1 is 1.17 bits per heavy atom. The fourth-order valence-electron chi connectivity index (χ4n) is 1.65. The SMILES string of the molecule is CCCC(OC(C)C)(C(=O)O)C(=O)COC(C)C. The van der Waals surface area contributed by atoms with Crippen LogP contribution in [0.2, 0.25) is 0 Å². The molecule has 0 aliphatic heterocycles. The van der Waals surface area contributed by atoms with E-state index in [1.807, 2.05) is 6.92 Å². The maximum absolute atomic E-state index is 12.1. The first kappa shape index (κ1) is 17.1. The zero-order valence-corrected chi connectivity index (χ0v) is 11.9. The van der Waals surface area contributed by atoms with Gasteiger partial charge in [-0.05, 0) is 34.1 Å². The highest BCUT2D eigenvalue weighted by Crippen LogP contribution is 2.23. The van der Waals surface area contributed by atoms with Gasteiger partial charge in [-0.25, -0.2) is 4.79 Å². The van der Waals surface area contributed by atoms with Gasteiger partial charge in [-0.3, -0.25) is 4.79 Å². The lowest BCUT2D eigenvalue weighted by Gasteiger charge is -2.30. The van der Waals surface area contributed by atoms with Gasteiger partial charge in [0.05, 0.1) is 12.2 Å². The first-order chi connectivity index (χ1) is 8.26. The number of carbonyl (C=O) groups excluding carboxylic acids is 1. The van der Waals surface area contributed by atoms with E-state index in [1.54, 1.807) is 27.7 Å². The highest BCUT2D eigenvalue weighted by Gasteiger charge is 2.47. The summed E-state index contributed by atoms with van der Waals surface area (Å²) < 4.78 is 10.6. The van der Waals surface area contributed by atoms with Gasteiger partial charge < -0.3 is 14.6 Å². The summed E-state index contributed by atoms with van der Waals surface area (Å²) in [6, 6.07) is 0. The van der Waals surface area contributed by atoms with E-state index < -0.39 is 17.4 Å². The van der Waals surface area contributed by atoms with Gasteiger partial charge in [-0.2, -0.15) is 0 Å². The average Bonchev–Trinajstić information content (AvgIpc) is 2.23. The van der Waals surface area contributed by atoms with Crippen LogP contribution in [0, 0.1) is 0 Å². The molecular formula is C13H24O5. The van der Waals surface area contributed by atoms with Crippen LogP contribution in [-0.4, -0.2) is 41.3 Å². The maximum Gasteiger partial charge on any atom is 0.343 e. The van der Waals surface area contributed by atoms with Crippen molar-refractivity contribution in [2.75, 3.05) is 6.61 Å². The van der Waals surface area contributed by atoms with Crippen molar-refractivity contribution < 1.29 is 24.2 Å². The molecule has 1 unspecified atom stereocenters. The van der Waals surface area contributed by atoms with Gasteiger partial charge in [0.1, 0.15) is 6.61 Å². The molecule has 0 aromatic heterocycles. The first-order valence-corrected chi connectivity index (χ1v) is 6.32. The molecule has 0 amide bonds. The molecule has 0 fully saturated rings. The van der Waals surface area contributed by atoms with Crippen molar-refractivity contribution in [2.24, 2.45) is 0 Å². The van der Waals surface area contributed by atoms with Crippen LogP contribution in [0.3, 0.4) is 0 Å². The lowest BCUT2D eigenvalue weighted by atomic mass is 9.92. The Hall–Kier alpha value is -0.940. The Labute approximate surface area is 108 Å².